The number of anilines is 1. The quantitative estimate of drug-likeness (QED) is 0.477. The molecule has 0 saturated carbocycles. The van der Waals surface area contributed by atoms with E-state index in [-0.39, 0.29) is 23.9 Å². The minimum atomic E-state index is -3.74. The summed E-state index contributed by atoms with van der Waals surface area (Å²) in [6, 6.07) is 12.4. The fraction of sp³-hybridized carbons (Fsp3) is 0.393. The van der Waals surface area contributed by atoms with Crippen molar-refractivity contribution in [1.82, 2.24) is 24.1 Å². The van der Waals surface area contributed by atoms with E-state index in [4.69, 9.17) is 0 Å². The molecule has 0 radical (unpaired) electrons. The van der Waals surface area contributed by atoms with Crippen LogP contribution in [0.3, 0.4) is 0 Å². The van der Waals surface area contributed by atoms with E-state index < -0.39 is 15.6 Å². The van der Waals surface area contributed by atoms with Crippen LogP contribution in [0.5, 0.6) is 0 Å². The highest BCUT2D eigenvalue weighted by atomic mass is 32.2. The summed E-state index contributed by atoms with van der Waals surface area (Å²) in [6.07, 6.45) is 3.11. The molecule has 11 heteroatoms. The average molecular weight is 549 g/mol. The third kappa shape index (κ3) is 4.69. The van der Waals surface area contributed by atoms with E-state index in [0.29, 0.717) is 29.7 Å². The molecule has 6 rings (SSSR count). The van der Waals surface area contributed by atoms with Gasteiger partial charge in [-0.3, -0.25) is 14.8 Å². The summed E-state index contributed by atoms with van der Waals surface area (Å²) >= 11 is 0. The molecule has 4 heterocycles. The van der Waals surface area contributed by atoms with Crippen LogP contribution in [0, 0.1) is 0 Å². The highest BCUT2D eigenvalue weighted by Crippen LogP contribution is 2.34. The molecule has 0 bridgehead atoms. The lowest BCUT2D eigenvalue weighted by Crippen LogP contribution is -2.46. The Balaban J connectivity index is 1.13. The highest BCUT2D eigenvalue weighted by molar-refractivity contribution is 7.89. The van der Waals surface area contributed by atoms with Crippen molar-refractivity contribution >= 4 is 32.7 Å². The first-order valence-corrected chi connectivity index (χ1v) is 14.5. The van der Waals surface area contributed by atoms with E-state index in [1.54, 1.807) is 42.3 Å². The van der Waals surface area contributed by atoms with Crippen molar-refractivity contribution < 1.29 is 18.3 Å². The number of hydrogen-bond donors (Lipinski definition) is 1. The van der Waals surface area contributed by atoms with Gasteiger partial charge < -0.3 is 19.8 Å². The zero-order valence-corrected chi connectivity index (χ0v) is 22.9. The zero-order chi connectivity index (χ0) is 27.4. The first-order valence-electron chi connectivity index (χ1n) is 13.1. The number of carbonyl (C=O) groups is 1. The predicted molar refractivity (Wildman–Crippen MR) is 148 cm³/mol. The lowest BCUT2D eigenvalue weighted by atomic mass is 9.93. The van der Waals surface area contributed by atoms with Gasteiger partial charge in [-0.25, -0.2) is 8.42 Å². The molecule has 3 aromatic rings. The van der Waals surface area contributed by atoms with Crippen molar-refractivity contribution in [2.24, 2.45) is 0 Å². The van der Waals surface area contributed by atoms with Gasteiger partial charge in [0.25, 0.3) is 5.91 Å². The molecular formula is C28H32N6O4S. The number of amides is 1. The first kappa shape index (κ1) is 25.9. The second-order valence-corrected chi connectivity index (χ2v) is 12.7. The Hall–Kier alpha value is -3.38. The Morgan fingerprint density at radius 1 is 0.897 bits per heavy atom. The minimum absolute atomic E-state index is 0.174. The van der Waals surface area contributed by atoms with Crippen LogP contribution in [0.4, 0.5) is 5.69 Å². The van der Waals surface area contributed by atoms with Crippen LogP contribution in [0.25, 0.3) is 11.0 Å². The maximum absolute atomic E-state index is 13.5. The molecule has 0 aliphatic carbocycles. The van der Waals surface area contributed by atoms with Gasteiger partial charge in [-0.05, 0) is 61.0 Å². The second-order valence-electron chi connectivity index (χ2n) is 10.8. The molecule has 1 amide bonds. The number of carbonyl (C=O) groups excluding carboxylic acids is 1. The fourth-order valence-electron chi connectivity index (χ4n) is 5.61. The van der Waals surface area contributed by atoms with Gasteiger partial charge in [-0.2, -0.15) is 4.31 Å². The number of sulfonamides is 1. The third-order valence-corrected chi connectivity index (χ3v) is 9.84. The number of hydrogen-bond acceptors (Lipinski definition) is 8. The molecule has 10 nitrogen and oxygen atoms in total. The minimum Gasteiger partial charge on any atom is -0.376 e. The van der Waals surface area contributed by atoms with Gasteiger partial charge in [0, 0.05) is 70.4 Å². The average Bonchev–Trinajstić information content (AvgIpc) is 3.53. The Morgan fingerprint density at radius 3 is 2.26 bits per heavy atom. The van der Waals surface area contributed by atoms with Gasteiger partial charge >= 0.3 is 0 Å². The summed E-state index contributed by atoms with van der Waals surface area (Å²) in [5.74, 6) is -0.380. The van der Waals surface area contributed by atoms with E-state index >= 15 is 0 Å². The van der Waals surface area contributed by atoms with Crippen LogP contribution < -0.4 is 4.90 Å². The summed E-state index contributed by atoms with van der Waals surface area (Å²) in [6.45, 7) is 6.31. The van der Waals surface area contributed by atoms with Crippen LogP contribution in [0.15, 0.2) is 70.9 Å². The van der Waals surface area contributed by atoms with E-state index in [0.717, 1.165) is 43.0 Å². The maximum atomic E-state index is 13.5. The van der Waals surface area contributed by atoms with Crippen molar-refractivity contribution in [3.8, 4) is 0 Å². The molecule has 1 unspecified atom stereocenters. The summed E-state index contributed by atoms with van der Waals surface area (Å²) in [5, 5.41) is 11.4. The largest absolute Gasteiger partial charge is 0.376 e. The fourth-order valence-corrected chi connectivity index (χ4v) is 7.06. The van der Waals surface area contributed by atoms with Gasteiger partial charge in [0.1, 0.15) is 0 Å². The van der Waals surface area contributed by atoms with Crippen molar-refractivity contribution in [2.75, 3.05) is 64.3 Å². The van der Waals surface area contributed by atoms with Crippen molar-refractivity contribution in [2.45, 2.75) is 17.4 Å². The summed E-state index contributed by atoms with van der Waals surface area (Å²) in [7, 11) is -1.63. The molecule has 1 fully saturated rings. The SMILES string of the molecule is CN1CCN(c2cccc(C(C)(O)C(=O)N3CC4=C(C3)CN(S(=O)(=O)c3ccc5nccnc5c3)C4)c2)CC1. The monoisotopic (exact) mass is 548 g/mol. The van der Waals surface area contributed by atoms with E-state index in [1.165, 1.54) is 10.5 Å². The molecule has 1 atom stereocenters. The molecule has 0 spiro atoms. The number of nitrogens with zero attached hydrogens (tertiary/aromatic N) is 6. The number of piperazine rings is 1. The Morgan fingerprint density at radius 2 is 1.56 bits per heavy atom. The van der Waals surface area contributed by atoms with Crippen LogP contribution >= 0.6 is 0 Å². The molecule has 3 aliphatic rings. The molecule has 1 N–H and O–H groups in total. The van der Waals surface area contributed by atoms with Crippen molar-refractivity contribution in [3.63, 3.8) is 0 Å². The highest BCUT2D eigenvalue weighted by Gasteiger charge is 2.43. The van der Waals surface area contributed by atoms with Crippen molar-refractivity contribution in [3.05, 3.63) is 71.6 Å². The van der Waals surface area contributed by atoms with Crippen LogP contribution in [0.1, 0.15) is 12.5 Å². The van der Waals surface area contributed by atoms with Gasteiger partial charge in [-0.1, -0.05) is 12.1 Å². The van der Waals surface area contributed by atoms with Gasteiger partial charge in [0.2, 0.25) is 10.0 Å². The van der Waals surface area contributed by atoms with E-state index in [1.807, 2.05) is 18.2 Å². The van der Waals surface area contributed by atoms with Crippen LogP contribution in [-0.2, 0) is 20.4 Å². The summed E-state index contributed by atoms with van der Waals surface area (Å²) < 4.78 is 28.2. The standard InChI is InChI=1S/C28H32N6O4S/c1-28(36,22-4-3-5-23(14-22)32-12-10-31(2)11-13-32)27(35)33-16-20-18-34(19-21(20)17-33)39(37,38)24-6-7-25-26(15-24)30-9-8-29-25/h3-9,14-15,36H,10-13,16-19H2,1-2H3. The second kappa shape index (κ2) is 9.67. The van der Waals surface area contributed by atoms with Crippen LogP contribution in [-0.4, -0.2) is 103 Å². The lowest BCUT2D eigenvalue weighted by Gasteiger charge is -2.35. The molecule has 1 saturated heterocycles. The van der Waals surface area contributed by atoms with Gasteiger partial charge in [-0.15, -0.1) is 0 Å². The van der Waals surface area contributed by atoms with Crippen molar-refractivity contribution in [1.29, 1.82) is 0 Å². The molecule has 2 aromatic carbocycles. The molecule has 3 aliphatic heterocycles. The Labute approximate surface area is 228 Å². The molecular weight excluding hydrogens is 516 g/mol. The smallest absolute Gasteiger partial charge is 0.259 e. The number of aromatic nitrogens is 2. The number of benzene rings is 2. The molecule has 1 aromatic heterocycles. The third-order valence-electron chi connectivity index (χ3n) is 8.06. The Kier molecular flexibility index (Phi) is 6.41. The molecule has 204 valence electrons. The Bertz CT molecular complexity index is 1560. The maximum Gasteiger partial charge on any atom is 0.259 e. The lowest BCUT2D eigenvalue weighted by molar-refractivity contribution is -0.149. The predicted octanol–water partition coefficient (Wildman–Crippen LogP) is 1.43. The first-order chi connectivity index (χ1) is 18.6. The van der Waals surface area contributed by atoms with Gasteiger partial charge in [0.15, 0.2) is 5.60 Å². The number of aliphatic hydroxyl groups is 1. The molecule has 39 heavy (non-hydrogen) atoms. The number of rotatable bonds is 5. The van der Waals surface area contributed by atoms with Crippen LogP contribution in [0.2, 0.25) is 0 Å². The normalized spacial score (nSPS) is 20.5. The number of fused-ring (bicyclic) bond motifs is 1. The zero-order valence-electron chi connectivity index (χ0n) is 22.1. The van der Waals surface area contributed by atoms with E-state index in [9.17, 15) is 18.3 Å². The summed E-state index contributed by atoms with van der Waals surface area (Å²) in [5.41, 5.74) is 2.84. The van der Waals surface area contributed by atoms with E-state index in [2.05, 4.69) is 26.8 Å². The number of likely N-dealkylation sites (N-methyl/N-ethyl adjacent to an activating group) is 1. The topological polar surface area (TPSA) is 110 Å². The summed E-state index contributed by atoms with van der Waals surface area (Å²) in [4.78, 5) is 28.3. The van der Waals surface area contributed by atoms with Gasteiger partial charge in [0.05, 0.1) is 15.9 Å².